The van der Waals surface area contributed by atoms with E-state index in [0.29, 0.717) is 23.9 Å². The molecule has 38 heavy (non-hydrogen) atoms. The summed E-state index contributed by atoms with van der Waals surface area (Å²) < 4.78 is 66.9. The van der Waals surface area contributed by atoms with Crippen LogP contribution in [0.2, 0.25) is 0 Å². The summed E-state index contributed by atoms with van der Waals surface area (Å²) in [5.74, 6) is -3.44. The molecule has 14 heteroatoms. The van der Waals surface area contributed by atoms with Crippen molar-refractivity contribution in [2.24, 2.45) is 0 Å². The van der Waals surface area contributed by atoms with E-state index in [0.717, 1.165) is 4.90 Å². The Hall–Kier alpha value is -4.20. The highest BCUT2D eigenvalue weighted by Gasteiger charge is 2.37. The van der Waals surface area contributed by atoms with Crippen molar-refractivity contribution in [2.45, 2.75) is 6.18 Å². The third-order valence-electron chi connectivity index (χ3n) is 6.03. The number of carbonyl (C=O) groups excluding carboxylic acids is 3. The van der Waals surface area contributed by atoms with Gasteiger partial charge in [0, 0.05) is 33.2 Å². The summed E-state index contributed by atoms with van der Waals surface area (Å²) in [6.07, 6.45) is -3.40. The third-order valence-corrected chi connectivity index (χ3v) is 6.03. The number of likely N-dealkylation sites (N-methyl/N-ethyl adjacent to an activating group) is 1. The maximum absolute atomic E-state index is 13.6. The molecule has 0 aliphatic carbocycles. The molecule has 0 saturated carbocycles. The molecule has 0 radical (unpaired) electrons. The molecular weight excluding hydrogens is 515 g/mol. The first-order chi connectivity index (χ1) is 17.9. The normalized spacial score (nSPS) is 16.0. The van der Waals surface area contributed by atoms with Crippen LogP contribution in [0.1, 0.15) is 15.9 Å². The number of nitrogens with one attached hydrogen (secondary N) is 2. The number of benzene rings is 2. The summed E-state index contributed by atoms with van der Waals surface area (Å²) >= 11 is 0. The summed E-state index contributed by atoms with van der Waals surface area (Å²) in [5, 5.41) is 5.31. The average molecular weight is 538 g/mol. The lowest BCUT2D eigenvalue weighted by molar-refractivity contribution is -0.138. The molecule has 9 nitrogen and oxygen atoms in total. The molecule has 3 amide bonds. The molecule has 1 fully saturated rings. The fourth-order valence-corrected chi connectivity index (χ4v) is 4.05. The molecule has 2 heterocycles. The highest BCUT2D eigenvalue weighted by molar-refractivity contribution is 5.97. The average Bonchev–Trinajstić information content (AvgIpc) is 3.27. The smallest absolute Gasteiger partial charge is 0.342 e. The van der Waals surface area contributed by atoms with Crippen LogP contribution in [0.5, 0.6) is 0 Å². The zero-order valence-electron chi connectivity index (χ0n) is 20.1. The van der Waals surface area contributed by atoms with Gasteiger partial charge in [-0.2, -0.15) is 13.2 Å². The van der Waals surface area contributed by atoms with Crippen LogP contribution in [0.3, 0.4) is 0 Å². The number of carbonyl (C=O) groups is 3. The maximum Gasteiger partial charge on any atom is 0.417 e. The van der Waals surface area contributed by atoms with Gasteiger partial charge in [0.25, 0.3) is 11.8 Å². The second-order valence-electron chi connectivity index (χ2n) is 8.57. The molecular formula is C24H23F5N6O3. The monoisotopic (exact) mass is 538 g/mol. The molecule has 2 aromatic carbocycles. The van der Waals surface area contributed by atoms with Crippen molar-refractivity contribution in [3.63, 3.8) is 0 Å². The van der Waals surface area contributed by atoms with Gasteiger partial charge < -0.3 is 15.1 Å². The van der Waals surface area contributed by atoms with Gasteiger partial charge in [0.1, 0.15) is 17.3 Å². The largest absolute Gasteiger partial charge is 0.417 e. The van der Waals surface area contributed by atoms with Gasteiger partial charge in [-0.05, 0) is 36.4 Å². The number of hydrazine groups is 2. The van der Waals surface area contributed by atoms with Gasteiger partial charge in [-0.25, -0.2) is 8.78 Å². The number of rotatable bonds is 5. The van der Waals surface area contributed by atoms with Crippen molar-refractivity contribution in [1.82, 2.24) is 25.7 Å². The molecule has 2 N–H and O–H groups in total. The number of halogens is 5. The fraction of sp³-hybridized carbons (Fsp3) is 0.292. The minimum Gasteiger partial charge on any atom is -0.342 e. The predicted molar refractivity (Wildman–Crippen MR) is 125 cm³/mol. The first-order valence-electron chi connectivity index (χ1n) is 11.4. The number of hydrogen-bond donors (Lipinski definition) is 2. The first kappa shape index (κ1) is 26.9. The standard InChI is InChI=1S/C24H23F5N6O3/c1-32-20(14-35(31-32)17-4-2-3-15(25)11-17)22(37)30-13-21(36)33-7-9-34(10-8-33)23(38)18-12-16(26)5-6-19(18)24(27,28)29/h2-6,11-12,14,31H,7-10,13H2,1H3,(H,30,37). The van der Waals surface area contributed by atoms with Crippen LogP contribution in [-0.2, 0) is 15.8 Å². The number of piperazine rings is 1. The van der Waals surface area contributed by atoms with Crippen LogP contribution in [0.4, 0.5) is 27.6 Å². The quantitative estimate of drug-likeness (QED) is 0.568. The molecule has 4 rings (SSSR count). The zero-order chi connectivity index (χ0) is 27.6. The summed E-state index contributed by atoms with van der Waals surface area (Å²) in [6, 6.07) is 7.41. The van der Waals surface area contributed by atoms with E-state index in [1.165, 1.54) is 39.3 Å². The molecule has 2 aromatic rings. The summed E-state index contributed by atoms with van der Waals surface area (Å²) in [6.45, 7) is -0.442. The molecule has 1 saturated heterocycles. The Kier molecular flexibility index (Phi) is 7.53. The topological polar surface area (TPSA) is 88.2 Å². The van der Waals surface area contributed by atoms with E-state index in [-0.39, 0.29) is 38.4 Å². The zero-order valence-corrected chi connectivity index (χ0v) is 20.1. The van der Waals surface area contributed by atoms with Crippen molar-refractivity contribution in [3.8, 4) is 0 Å². The number of nitrogens with zero attached hydrogens (tertiary/aromatic N) is 4. The Morgan fingerprint density at radius 2 is 1.61 bits per heavy atom. The molecule has 0 spiro atoms. The molecule has 0 bridgehead atoms. The lowest BCUT2D eigenvalue weighted by Crippen LogP contribution is -2.53. The van der Waals surface area contributed by atoms with Gasteiger partial charge in [0.2, 0.25) is 5.91 Å². The van der Waals surface area contributed by atoms with Crippen LogP contribution in [0.15, 0.2) is 54.4 Å². The lowest BCUT2D eigenvalue weighted by atomic mass is 10.0. The van der Waals surface area contributed by atoms with E-state index < -0.39 is 46.7 Å². The Bertz CT molecular complexity index is 1280. The Morgan fingerprint density at radius 1 is 0.947 bits per heavy atom. The lowest BCUT2D eigenvalue weighted by Gasteiger charge is -2.35. The minimum absolute atomic E-state index is 0.0224. The predicted octanol–water partition coefficient (Wildman–Crippen LogP) is 2.10. The van der Waals surface area contributed by atoms with Gasteiger partial charge in [0.05, 0.1) is 29.6 Å². The van der Waals surface area contributed by atoms with E-state index in [2.05, 4.69) is 10.9 Å². The van der Waals surface area contributed by atoms with Crippen molar-refractivity contribution in [1.29, 1.82) is 0 Å². The van der Waals surface area contributed by atoms with E-state index in [1.807, 2.05) is 0 Å². The van der Waals surface area contributed by atoms with Crippen molar-refractivity contribution < 1.29 is 36.3 Å². The molecule has 0 aromatic heterocycles. The molecule has 0 atom stereocenters. The Balaban J connectivity index is 1.31. The van der Waals surface area contributed by atoms with Crippen LogP contribution in [0, 0.1) is 11.6 Å². The van der Waals surface area contributed by atoms with Gasteiger partial charge in [-0.15, -0.1) is 5.53 Å². The van der Waals surface area contributed by atoms with E-state index in [4.69, 9.17) is 0 Å². The summed E-state index contributed by atoms with van der Waals surface area (Å²) in [4.78, 5) is 40.4. The molecule has 0 unspecified atom stereocenters. The fourth-order valence-electron chi connectivity index (χ4n) is 4.05. The maximum atomic E-state index is 13.6. The van der Waals surface area contributed by atoms with Gasteiger partial charge in [-0.3, -0.25) is 24.4 Å². The Labute approximate surface area is 214 Å². The van der Waals surface area contributed by atoms with Gasteiger partial charge >= 0.3 is 6.18 Å². The Morgan fingerprint density at radius 3 is 2.26 bits per heavy atom. The summed E-state index contributed by atoms with van der Waals surface area (Å²) in [7, 11) is 1.56. The number of alkyl halides is 3. The summed E-state index contributed by atoms with van der Waals surface area (Å²) in [5.41, 5.74) is 1.43. The van der Waals surface area contributed by atoms with Crippen molar-refractivity contribution >= 4 is 23.4 Å². The molecule has 202 valence electrons. The van der Waals surface area contributed by atoms with Crippen LogP contribution >= 0.6 is 0 Å². The number of anilines is 1. The van der Waals surface area contributed by atoms with Crippen LogP contribution in [0.25, 0.3) is 0 Å². The number of amides is 3. The molecule has 2 aliphatic rings. The van der Waals surface area contributed by atoms with Crippen LogP contribution in [-0.4, -0.2) is 72.3 Å². The SMILES string of the molecule is CN1NN(c2cccc(F)c2)C=C1C(=O)NCC(=O)N1CCN(C(=O)c2cc(F)ccc2C(F)(F)F)CC1. The van der Waals surface area contributed by atoms with Crippen molar-refractivity contribution in [3.05, 3.63) is 77.1 Å². The van der Waals surface area contributed by atoms with Crippen LogP contribution < -0.4 is 15.9 Å². The van der Waals surface area contributed by atoms with E-state index in [9.17, 15) is 36.3 Å². The molecule has 2 aliphatic heterocycles. The van der Waals surface area contributed by atoms with Gasteiger partial charge in [0.15, 0.2) is 0 Å². The second kappa shape index (κ2) is 10.7. The van der Waals surface area contributed by atoms with Crippen molar-refractivity contribution in [2.75, 3.05) is 44.8 Å². The number of hydrogen-bond acceptors (Lipinski definition) is 6. The highest BCUT2D eigenvalue weighted by Crippen LogP contribution is 2.33. The van der Waals surface area contributed by atoms with E-state index in [1.54, 1.807) is 13.1 Å². The highest BCUT2D eigenvalue weighted by atomic mass is 19.4. The first-order valence-corrected chi connectivity index (χ1v) is 11.4. The van der Waals surface area contributed by atoms with E-state index >= 15 is 0 Å². The minimum atomic E-state index is -4.83. The third kappa shape index (κ3) is 5.85. The van der Waals surface area contributed by atoms with Gasteiger partial charge in [-0.1, -0.05) is 6.07 Å². The second-order valence-corrected chi connectivity index (χ2v) is 8.57.